The lowest BCUT2D eigenvalue weighted by Gasteiger charge is -2.39. The lowest BCUT2D eigenvalue weighted by atomic mass is 9.77. The highest BCUT2D eigenvalue weighted by molar-refractivity contribution is 7.71. The van der Waals surface area contributed by atoms with Crippen LogP contribution in [0.1, 0.15) is 44.3 Å². The zero-order valence-corrected chi connectivity index (χ0v) is 13.0. The first kappa shape index (κ1) is 14.2. The molecule has 0 bridgehead atoms. The van der Waals surface area contributed by atoms with E-state index in [-0.39, 0.29) is 6.61 Å². The van der Waals surface area contributed by atoms with Gasteiger partial charge in [-0.05, 0) is 43.3 Å². The molecule has 1 aliphatic carbocycles. The van der Waals surface area contributed by atoms with Crippen LogP contribution in [0.15, 0.2) is 0 Å². The van der Waals surface area contributed by atoms with Crippen molar-refractivity contribution in [2.45, 2.75) is 51.8 Å². The van der Waals surface area contributed by atoms with Crippen LogP contribution in [-0.2, 0) is 20.3 Å². The number of hydrogen-bond donors (Lipinski definition) is 1. The lowest BCUT2D eigenvalue weighted by Crippen LogP contribution is -2.39. The standard InChI is InChI=1S/C14H24N4OS/c1-16-12(10-19)15-18(13(16)20)11-17-8-6-14(7-9-17)4-2-3-5-14/h19H,2-11H2,1H3. The summed E-state index contributed by atoms with van der Waals surface area (Å²) >= 11 is 5.38. The van der Waals surface area contributed by atoms with Gasteiger partial charge in [0.25, 0.3) is 0 Å². The largest absolute Gasteiger partial charge is 0.388 e. The summed E-state index contributed by atoms with van der Waals surface area (Å²) < 4.78 is 4.32. The Kier molecular flexibility index (Phi) is 3.97. The average molecular weight is 296 g/mol. The van der Waals surface area contributed by atoms with Crippen molar-refractivity contribution in [1.29, 1.82) is 0 Å². The molecule has 1 saturated carbocycles. The first-order valence-electron chi connectivity index (χ1n) is 7.59. The van der Waals surface area contributed by atoms with Crippen LogP contribution in [0.25, 0.3) is 0 Å². The number of likely N-dealkylation sites (tertiary alicyclic amines) is 1. The Morgan fingerprint density at radius 2 is 1.85 bits per heavy atom. The van der Waals surface area contributed by atoms with E-state index in [4.69, 9.17) is 12.2 Å². The van der Waals surface area contributed by atoms with Crippen molar-refractivity contribution in [1.82, 2.24) is 19.2 Å². The Balaban J connectivity index is 1.64. The predicted octanol–water partition coefficient (Wildman–Crippen LogP) is 2.06. The van der Waals surface area contributed by atoms with Gasteiger partial charge in [-0.25, -0.2) is 4.68 Å². The van der Waals surface area contributed by atoms with E-state index in [0.29, 0.717) is 16.0 Å². The van der Waals surface area contributed by atoms with E-state index in [9.17, 15) is 5.11 Å². The highest BCUT2D eigenvalue weighted by atomic mass is 32.1. The van der Waals surface area contributed by atoms with Gasteiger partial charge in [0, 0.05) is 20.1 Å². The van der Waals surface area contributed by atoms with E-state index >= 15 is 0 Å². The number of nitrogens with zero attached hydrogens (tertiary/aromatic N) is 4. The molecule has 0 aromatic carbocycles. The quantitative estimate of drug-likeness (QED) is 0.867. The third-order valence-corrected chi connectivity index (χ3v) is 5.67. The van der Waals surface area contributed by atoms with E-state index in [1.54, 1.807) is 4.57 Å². The number of aromatic nitrogens is 3. The van der Waals surface area contributed by atoms with Crippen molar-refractivity contribution >= 4 is 12.2 Å². The van der Waals surface area contributed by atoms with Gasteiger partial charge >= 0.3 is 0 Å². The van der Waals surface area contributed by atoms with Gasteiger partial charge in [0.2, 0.25) is 0 Å². The van der Waals surface area contributed by atoms with Crippen LogP contribution in [-0.4, -0.2) is 37.4 Å². The minimum Gasteiger partial charge on any atom is -0.388 e. The molecule has 0 atom stereocenters. The summed E-state index contributed by atoms with van der Waals surface area (Å²) in [5.74, 6) is 0.638. The summed E-state index contributed by atoms with van der Waals surface area (Å²) in [6, 6.07) is 0. The zero-order chi connectivity index (χ0) is 14.2. The SMILES string of the molecule is Cn1c(CO)nn(CN2CCC3(CCCC3)CC2)c1=S. The summed E-state index contributed by atoms with van der Waals surface area (Å²) in [5.41, 5.74) is 0.651. The fraction of sp³-hybridized carbons (Fsp3) is 0.857. The molecule has 1 aromatic heterocycles. The van der Waals surface area contributed by atoms with Crippen LogP contribution in [0.5, 0.6) is 0 Å². The van der Waals surface area contributed by atoms with Gasteiger partial charge in [-0.15, -0.1) is 0 Å². The second kappa shape index (κ2) is 5.58. The summed E-state index contributed by atoms with van der Waals surface area (Å²) in [4.78, 5) is 2.44. The minimum atomic E-state index is -0.0593. The molecule has 2 fully saturated rings. The molecule has 0 amide bonds. The molecule has 112 valence electrons. The molecule has 1 spiro atoms. The summed E-state index contributed by atoms with van der Waals surface area (Å²) in [6.45, 7) is 2.98. The molecule has 2 aliphatic rings. The van der Waals surface area contributed by atoms with E-state index in [0.717, 1.165) is 19.8 Å². The molecule has 6 heteroatoms. The summed E-state index contributed by atoms with van der Waals surface area (Å²) in [6.07, 6.45) is 8.34. The zero-order valence-electron chi connectivity index (χ0n) is 12.2. The van der Waals surface area contributed by atoms with Crippen LogP contribution in [0.2, 0.25) is 0 Å². The third kappa shape index (κ3) is 2.56. The highest BCUT2D eigenvalue weighted by Crippen LogP contribution is 2.46. The van der Waals surface area contributed by atoms with Gasteiger partial charge < -0.3 is 9.67 Å². The molecule has 0 unspecified atom stereocenters. The van der Waals surface area contributed by atoms with Gasteiger partial charge in [0.05, 0.1) is 6.67 Å². The highest BCUT2D eigenvalue weighted by Gasteiger charge is 2.36. The topological polar surface area (TPSA) is 46.2 Å². The van der Waals surface area contributed by atoms with Crippen molar-refractivity contribution in [3.05, 3.63) is 10.6 Å². The van der Waals surface area contributed by atoms with Crippen LogP contribution in [0.4, 0.5) is 0 Å². The van der Waals surface area contributed by atoms with Crippen LogP contribution in [0.3, 0.4) is 0 Å². The van der Waals surface area contributed by atoms with Gasteiger partial charge in [-0.2, -0.15) is 5.10 Å². The Bertz CT molecular complexity index is 520. The maximum absolute atomic E-state index is 9.24. The minimum absolute atomic E-state index is 0.0593. The van der Waals surface area contributed by atoms with Crippen molar-refractivity contribution < 1.29 is 5.11 Å². The molecule has 20 heavy (non-hydrogen) atoms. The normalized spacial score (nSPS) is 22.7. The summed E-state index contributed by atoms with van der Waals surface area (Å²) in [7, 11) is 1.86. The fourth-order valence-corrected chi connectivity index (χ4v) is 3.95. The van der Waals surface area contributed by atoms with Gasteiger partial charge in [0.15, 0.2) is 10.6 Å². The smallest absolute Gasteiger partial charge is 0.198 e. The van der Waals surface area contributed by atoms with Crippen molar-refractivity contribution in [3.63, 3.8) is 0 Å². The Labute approximate surface area is 125 Å². The number of hydrogen-bond acceptors (Lipinski definition) is 4. The monoisotopic (exact) mass is 296 g/mol. The van der Waals surface area contributed by atoms with Gasteiger partial charge in [-0.3, -0.25) is 4.90 Å². The number of rotatable bonds is 3. The molecule has 3 rings (SSSR count). The van der Waals surface area contributed by atoms with Crippen molar-refractivity contribution in [2.24, 2.45) is 12.5 Å². The van der Waals surface area contributed by atoms with Crippen molar-refractivity contribution in [2.75, 3.05) is 13.1 Å². The average Bonchev–Trinajstić information content (AvgIpc) is 3.02. The number of aliphatic hydroxyl groups is 1. The Morgan fingerprint density at radius 3 is 2.40 bits per heavy atom. The molecule has 5 nitrogen and oxygen atoms in total. The predicted molar refractivity (Wildman–Crippen MR) is 79.7 cm³/mol. The van der Waals surface area contributed by atoms with Crippen LogP contribution >= 0.6 is 12.2 Å². The molecule has 1 saturated heterocycles. The molecule has 2 heterocycles. The first-order valence-corrected chi connectivity index (χ1v) is 8.00. The number of piperidine rings is 1. The van der Waals surface area contributed by atoms with E-state index in [1.165, 1.54) is 38.5 Å². The van der Waals surface area contributed by atoms with Crippen LogP contribution < -0.4 is 0 Å². The molecule has 0 radical (unpaired) electrons. The fourth-order valence-electron chi connectivity index (χ4n) is 3.75. The Morgan fingerprint density at radius 1 is 1.20 bits per heavy atom. The third-order valence-electron chi connectivity index (χ3n) is 5.19. The van der Waals surface area contributed by atoms with Gasteiger partial charge in [-0.1, -0.05) is 12.8 Å². The maximum Gasteiger partial charge on any atom is 0.198 e. The second-order valence-electron chi connectivity index (χ2n) is 6.38. The molecule has 1 aliphatic heterocycles. The van der Waals surface area contributed by atoms with Gasteiger partial charge in [0.1, 0.15) is 6.61 Å². The molecule has 1 aromatic rings. The maximum atomic E-state index is 9.24. The molecule has 1 N–H and O–H groups in total. The molecular formula is C14H24N4OS. The van der Waals surface area contributed by atoms with E-state index in [1.807, 2.05) is 11.7 Å². The lowest BCUT2D eigenvalue weighted by molar-refractivity contribution is 0.0816. The van der Waals surface area contributed by atoms with E-state index < -0.39 is 0 Å². The first-order chi connectivity index (χ1) is 9.63. The van der Waals surface area contributed by atoms with Crippen LogP contribution in [0, 0.1) is 10.2 Å². The summed E-state index contributed by atoms with van der Waals surface area (Å²) in [5, 5.41) is 13.6. The van der Waals surface area contributed by atoms with Crippen molar-refractivity contribution in [3.8, 4) is 0 Å². The molecular weight excluding hydrogens is 272 g/mol. The number of aliphatic hydroxyl groups excluding tert-OH is 1. The Hall–Kier alpha value is -0.720. The van der Waals surface area contributed by atoms with E-state index in [2.05, 4.69) is 10.00 Å². The second-order valence-corrected chi connectivity index (χ2v) is 6.75.